The molecule has 0 unspecified atom stereocenters. The zero-order chi connectivity index (χ0) is 45.0. The minimum absolute atomic E-state index is 0. The maximum Gasteiger partial charge on any atom is 0.148 e. The number of H-pyrrole nitrogens is 1. The van der Waals surface area contributed by atoms with Crippen LogP contribution in [-0.2, 0) is 31.9 Å². The fourth-order valence-electron chi connectivity index (χ4n) is 8.87. The molecule has 328 valence electrons. The van der Waals surface area contributed by atoms with Crippen molar-refractivity contribution in [3.63, 3.8) is 0 Å². The number of fused-ring (bicyclic) bond motifs is 2. The van der Waals surface area contributed by atoms with E-state index in [4.69, 9.17) is 9.97 Å². The first kappa shape index (κ1) is 44.1. The van der Waals surface area contributed by atoms with E-state index in [9.17, 15) is 5.11 Å². The average Bonchev–Trinajstić information content (AvgIpc) is 3.92. The van der Waals surface area contributed by atoms with Gasteiger partial charge in [0.2, 0.25) is 0 Å². The van der Waals surface area contributed by atoms with Crippen molar-refractivity contribution < 1.29 is 26.2 Å². The van der Waals surface area contributed by atoms with E-state index in [2.05, 4.69) is 179 Å². The molecule has 66 heavy (non-hydrogen) atoms. The third kappa shape index (κ3) is 8.25. The number of rotatable bonds is 8. The first-order chi connectivity index (χ1) is 31.3. The molecule has 0 bridgehead atoms. The molecule has 0 saturated heterocycles. The van der Waals surface area contributed by atoms with E-state index in [-0.39, 0.29) is 37.6 Å². The van der Waals surface area contributed by atoms with Crippen molar-refractivity contribution in [3.8, 4) is 78.6 Å². The Labute approximate surface area is 401 Å². The van der Waals surface area contributed by atoms with E-state index in [0.29, 0.717) is 11.4 Å². The predicted octanol–water partition coefficient (Wildman–Crippen LogP) is 15.6. The molecule has 6 heteroatoms. The molecule has 3 heterocycles. The molecule has 7 aromatic carbocycles. The Balaban J connectivity index is 0.00000548. The Morgan fingerprint density at radius 2 is 1.29 bits per heavy atom. The van der Waals surface area contributed by atoms with Crippen LogP contribution in [0.15, 0.2) is 177 Å². The van der Waals surface area contributed by atoms with Crippen molar-refractivity contribution in [1.82, 2.24) is 19.5 Å². The van der Waals surface area contributed by atoms with Crippen LogP contribution < -0.4 is 0 Å². The molecule has 10 rings (SSSR count). The molecule has 2 N–H and O–H groups in total. The molecule has 0 saturated carbocycles. The number of nitrogens with zero attached hydrogens (tertiary/aromatic N) is 3. The molecular weight excluding hydrogens is 988 g/mol. The van der Waals surface area contributed by atoms with Gasteiger partial charge in [0, 0.05) is 55.7 Å². The van der Waals surface area contributed by atoms with Crippen molar-refractivity contribution in [2.45, 2.75) is 52.4 Å². The zero-order valence-corrected chi connectivity index (χ0v) is 40.3. The van der Waals surface area contributed by atoms with Gasteiger partial charge in [0.25, 0.3) is 0 Å². The number of para-hydroxylation sites is 2. The number of pyridine rings is 1. The predicted molar refractivity (Wildman–Crippen MR) is 271 cm³/mol. The Hall–Kier alpha value is -7.07. The summed E-state index contributed by atoms with van der Waals surface area (Å²) in [6, 6.07) is 59.0. The zero-order valence-electron chi connectivity index (χ0n) is 38.1. The Bertz CT molecular complexity index is 3420. The minimum atomic E-state index is -0.215. The standard InChI is InChI=1S/C60H51N4O.Pt/c1-8-38-37-62-53-26-23-40(32-51(38)53)41-27-28-61-54(33-41)44-30-42(50-34-45(59(2,3)4)24-25-48(50)39-17-11-9-12-18-39)29-43(31-44)52-35-46(60(5,6)7)36-55-57(52)63-58(49-21-15-16-22-56(49)65)64(55)47-19-13-10-14-20-47;/h8-30,32-37,62,65H,1H2,2-7H3;/q-1;. The second kappa shape index (κ2) is 17.4. The number of nitrogens with one attached hydrogen (secondary N) is 1. The van der Waals surface area contributed by atoms with Crippen molar-refractivity contribution in [3.05, 3.63) is 199 Å². The number of hydrogen-bond donors (Lipinski definition) is 2. The monoisotopic (exact) mass is 1040 g/mol. The summed E-state index contributed by atoms with van der Waals surface area (Å²) < 4.78 is 2.18. The van der Waals surface area contributed by atoms with Crippen molar-refractivity contribution in [1.29, 1.82) is 0 Å². The normalized spacial score (nSPS) is 11.8. The van der Waals surface area contributed by atoms with Gasteiger partial charge in [-0.3, -0.25) is 9.55 Å². The van der Waals surface area contributed by atoms with E-state index < -0.39 is 0 Å². The largest absolute Gasteiger partial charge is 0.507 e. The van der Waals surface area contributed by atoms with Crippen LogP contribution in [0.3, 0.4) is 0 Å². The molecule has 0 aliphatic rings. The van der Waals surface area contributed by atoms with Crippen LogP contribution in [0.4, 0.5) is 0 Å². The Morgan fingerprint density at radius 1 is 0.606 bits per heavy atom. The van der Waals surface area contributed by atoms with Gasteiger partial charge in [0.1, 0.15) is 11.6 Å². The minimum Gasteiger partial charge on any atom is -0.507 e. The molecule has 0 aliphatic heterocycles. The number of aromatic hydroxyl groups is 1. The van der Waals surface area contributed by atoms with Gasteiger partial charge in [-0.1, -0.05) is 168 Å². The topological polar surface area (TPSA) is 66.7 Å². The van der Waals surface area contributed by atoms with E-state index in [1.165, 1.54) is 5.56 Å². The van der Waals surface area contributed by atoms with Crippen LogP contribution in [0.5, 0.6) is 5.75 Å². The number of imidazole rings is 1. The third-order valence-electron chi connectivity index (χ3n) is 12.5. The molecule has 5 nitrogen and oxygen atoms in total. The molecule has 0 fully saturated rings. The molecule has 0 aliphatic carbocycles. The molecule has 10 aromatic rings. The smallest absolute Gasteiger partial charge is 0.148 e. The summed E-state index contributed by atoms with van der Waals surface area (Å²) in [6.45, 7) is 17.6. The van der Waals surface area contributed by atoms with Crippen LogP contribution in [0.2, 0.25) is 0 Å². The molecule has 0 amide bonds. The maximum absolute atomic E-state index is 11.4. The van der Waals surface area contributed by atoms with Crippen LogP contribution >= 0.6 is 0 Å². The van der Waals surface area contributed by atoms with Gasteiger partial charge in [-0.15, -0.1) is 23.8 Å². The third-order valence-corrected chi connectivity index (χ3v) is 12.5. The number of aromatic nitrogens is 4. The van der Waals surface area contributed by atoms with Crippen LogP contribution in [0.1, 0.15) is 58.2 Å². The molecule has 0 radical (unpaired) electrons. The summed E-state index contributed by atoms with van der Waals surface area (Å²) >= 11 is 0. The fraction of sp³-hybridized carbons (Fsp3) is 0.133. The van der Waals surface area contributed by atoms with E-state index in [1.54, 1.807) is 6.07 Å². The van der Waals surface area contributed by atoms with Crippen molar-refractivity contribution >= 4 is 28.0 Å². The van der Waals surface area contributed by atoms with Gasteiger partial charge in [0.05, 0.1) is 16.6 Å². The first-order valence-corrected chi connectivity index (χ1v) is 22.2. The van der Waals surface area contributed by atoms with E-state index >= 15 is 0 Å². The van der Waals surface area contributed by atoms with Gasteiger partial charge in [0.15, 0.2) is 0 Å². The Kier molecular flexibility index (Phi) is 11.6. The second-order valence-electron chi connectivity index (χ2n) is 19.0. The van der Waals surface area contributed by atoms with Crippen LogP contribution in [0.25, 0.3) is 101 Å². The number of aromatic amines is 1. The van der Waals surface area contributed by atoms with Crippen molar-refractivity contribution in [2.24, 2.45) is 0 Å². The molecule has 0 spiro atoms. The summed E-state index contributed by atoms with van der Waals surface area (Å²) in [6.07, 6.45) is 5.79. The van der Waals surface area contributed by atoms with Gasteiger partial charge >= 0.3 is 0 Å². The van der Waals surface area contributed by atoms with Crippen LogP contribution in [-0.4, -0.2) is 24.6 Å². The van der Waals surface area contributed by atoms with Crippen LogP contribution in [0, 0.1) is 6.07 Å². The average molecular weight is 1040 g/mol. The molecular formula is C60H51N4OPt-. The van der Waals surface area contributed by atoms with E-state index in [1.807, 2.05) is 54.9 Å². The second-order valence-corrected chi connectivity index (χ2v) is 19.0. The van der Waals surface area contributed by atoms with E-state index in [0.717, 1.165) is 94.5 Å². The van der Waals surface area contributed by atoms with Crippen molar-refractivity contribution in [2.75, 3.05) is 0 Å². The summed E-state index contributed by atoms with van der Waals surface area (Å²) in [4.78, 5) is 13.9. The summed E-state index contributed by atoms with van der Waals surface area (Å²) in [5.41, 5.74) is 17.7. The maximum atomic E-state index is 11.4. The summed E-state index contributed by atoms with van der Waals surface area (Å²) in [5.74, 6) is 0.827. The van der Waals surface area contributed by atoms with Gasteiger partial charge < -0.3 is 10.1 Å². The van der Waals surface area contributed by atoms with Gasteiger partial charge in [-0.25, -0.2) is 4.98 Å². The van der Waals surface area contributed by atoms with Gasteiger partial charge in [-0.2, -0.15) is 0 Å². The summed E-state index contributed by atoms with van der Waals surface area (Å²) in [7, 11) is 0. The fourth-order valence-corrected chi connectivity index (χ4v) is 8.87. The quantitative estimate of drug-likeness (QED) is 0.149. The Morgan fingerprint density at radius 3 is 2.02 bits per heavy atom. The number of phenols is 1. The summed E-state index contributed by atoms with van der Waals surface area (Å²) in [5, 5.41) is 12.5. The number of hydrogen-bond acceptors (Lipinski definition) is 3. The molecule has 3 aromatic heterocycles. The molecule has 0 atom stereocenters. The first-order valence-electron chi connectivity index (χ1n) is 22.2. The number of phenolic OH excluding ortho intramolecular Hbond substituents is 1. The number of benzene rings is 7. The SMILES string of the molecule is C=Cc1c[nH]c2ccc(-c3ccnc(-c4[c-]c(-c5cc(C(C)(C)C)cc6c5nc(-c5ccccc5O)n6-c5ccccc5)cc(-c5cc(C(C)(C)C)ccc5-c5ccccc5)c4)c3)cc12.[Pt]. The van der Waals surface area contributed by atoms with Gasteiger partial charge in [-0.05, 0) is 104 Å².